The van der Waals surface area contributed by atoms with Crippen LogP contribution >= 0.6 is 0 Å². The van der Waals surface area contributed by atoms with Crippen LogP contribution in [0.15, 0.2) is 58.5 Å². The number of carbonyl (C=O) groups excluding carboxylic acids is 1. The van der Waals surface area contributed by atoms with Crippen molar-refractivity contribution in [3.63, 3.8) is 0 Å². The minimum absolute atomic E-state index is 0.00774. The van der Waals surface area contributed by atoms with Crippen LogP contribution in [-0.4, -0.2) is 65.7 Å². The summed E-state index contributed by atoms with van der Waals surface area (Å²) < 4.78 is 53.5. The second-order valence-corrected chi connectivity index (χ2v) is 10.7. The summed E-state index contributed by atoms with van der Waals surface area (Å²) in [7, 11) is 3.29. The first-order valence-electron chi connectivity index (χ1n) is 13.3. The first-order valence-corrected chi connectivity index (χ1v) is 13.3. The van der Waals surface area contributed by atoms with Gasteiger partial charge in [0.1, 0.15) is 19.1 Å². The highest BCUT2D eigenvalue weighted by Gasteiger charge is 2.41. The van der Waals surface area contributed by atoms with Gasteiger partial charge >= 0.3 is 17.8 Å². The number of nitriles is 1. The van der Waals surface area contributed by atoms with E-state index in [0.717, 1.165) is 37.2 Å². The molecule has 2 atom stereocenters. The van der Waals surface area contributed by atoms with Crippen molar-refractivity contribution in [3.8, 4) is 6.07 Å². The number of hydrogen-bond donors (Lipinski definition) is 1. The first kappa shape index (κ1) is 29.1. The predicted octanol–water partition coefficient (Wildman–Crippen LogP) is 4.02. The molecule has 42 heavy (non-hydrogen) atoms. The highest BCUT2D eigenvalue weighted by atomic mass is 19.4. The molecule has 0 radical (unpaired) electrons. The molecule has 1 aromatic heterocycles. The van der Waals surface area contributed by atoms with Crippen LogP contribution in [0.1, 0.15) is 41.6 Å². The Morgan fingerprint density at radius 1 is 1.24 bits per heavy atom. The number of alkyl halides is 3. The molecule has 0 bridgehead atoms. The van der Waals surface area contributed by atoms with E-state index in [-0.39, 0.29) is 22.9 Å². The second kappa shape index (κ2) is 11.1. The number of quaternary nitrogens is 1. The summed E-state index contributed by atoms with van der Waals surface area (Å²) in [6, 6.07) is 10.8. The third-order valence-corrected chi connectivity index (χ3v) is 7.86. The lowest BCUT2D eigenvalue weighted by Crippen LogP contribution is -2.45. The number of aromatic nitrogens is 3. The number of nitrogens with one attached hydrogen (secondary N) is 1. The molecule has 2 aliphatic rings. The standard InChI is InChI=1S/C29H29F3N6O4/c1-18-24(26(39)41-3)25(23-9-8-19(16-33)14-20(23)17-38(2)10-5-12-42-13-11-38)37-27(34-35-28(37)40)36(18)22-7-4-6-21(15-22)29(30,31)32/h4,6-9,14-15,25H,5,10-13,17H2,1-3H3/p+1/t25-,38?/m1/s1. The van der Waals surface area contributed by atoms with Crippen LogP contribution in [0.3, 0.4) is 0 Å². The van der Waals surface area contributed by atoms with E-state index in [9.17, 15) is 28.0 Å². The number of fused-ring (bicyclic) bond motifs is 1. The van der Waals surface area contributed by atoms with E-state index >= 15 is 0 Å². The van der Waals surface area contributed by atoms with E-state index in [2.05, 4.69) is 23.3 Å². The number of nitrogens with zero attached hydrogens (tertiary/aromatic N) is 5. The van der Waals surface area contributed by atoms with Gasteiger partial charge in [-0.1, -0.05) is 12.1 Å². The molecule has 0 spiro atoms. The molecule has 3 aromatic rings. The fraction of sp³-hybridized carbons (Fsp3) is 0.379. The van der Waals surface area contributed by atoms with Crippen LogP contribution in [0, 0.1) is 11.3 Å². The van der Waals surface area contributed by atoms with Crippen molar-refractivity contribution < 1.29 is 31.9 Å². The van der Waals surface area contributed by atoms with Crippen LogP contribution in [-0.2, 0) is 27.0 Å². The number of likely N-dealkylation sites (N-methyl/N-ethyl adjacent to an activating group) is 1. The van der Waals surface area contributed by atoms with Crippen LogP contribution < -0.4 is 10.6 Å². The SMILES string of the molecule is COC(=O)C1=C(C)N(c2cccc(C(F)(F)F)c2)c2n[nH]c(=O)n2[C@@H]1c1ccc(C#N)cc1C[N+]1(C)CCCOCC1. The summed E-state index contributed by atoms with van der Waals surface area (Å²) in [5, 5.41) is 16.3. The summed E-state index contributed by atoms with van der Waals surface area (Å²) in [5.41, 5.74) is 0.524. The molecular formula is C29H30F3N6O4+. The molecule has 1 saturated heterocycles. The molecule has 1 unspecified atom stereocenters. The topological polar surface area (TPSA) is 113 Å². The second-order valence-electron chi connectivity index (χ2n) is 10.7. The Balaban J connectivity index is 1.74. The number of benzene rings is 2. The monoisotopic (exact) mass is 583 g/mol. The molecule has 220 valence electrons. The molecule has 0 saturated carbocycles. The molecule has 3 heterocycles. The minimum Gasteiger partial charge on any atom is -0.466 e. The van der Waals surface area contributed by atoms with Gasteiger partial charge in [-0.25, -0.2) is 19.3 Å². The first-order chi connectivity index (χ1) is 20.0. The highest BCUT2D eigenvalue weighted by Crippen LogP contribution is 2.44. The van der Waals surface area contributed by atoms with Crippen molar-refractivity contribution in [3.05, 3.63) is 86.5 Å². The summed E-state index contributed by atoms with van der Waals surface area (Å²) >= 11 is 0. The van der Waals surface area contributed by atoms with Crippen LogP contribution in [0.4, 0.5) is 24.8 Å². The number of allylic oxidation sites excluding steroid dienone is 1. The van der Waals surface area contributed by atoms with Crippen LogP contribution in [0.25, 0.3) is 0 Å². The van der Waals surface area contributed by atoms with Crippen molar-refractivity contribution in [2.45, 2.75) is 32.1 Å². The molecule has 10 nitrogen and oxygen atoms in total. The lowest BCUT2D eigenvalue weighted by atomic mass is 9.89. The van der Waals surface area contributed by atoms with Crippen molar-refractivity contribution in [1.29, 1.82) is 5.26 Å². The van der Waals surface area contributed by atoms with Gasteiger partial charge in [0, 0.05) is 23.4 Å². The average molecular weight is 584 g/mol. The summed E-state index contributed by atoms with van der Waals surface area (Å²) in [5.74, 6) is -0.750. The maximum absolute atomic E-state index is 13.6. The quantitative estimate of drug-likeness (QED) is 0.357. The number of carbonyl (C=O) groups is 1. The maximum atomic E-state index is 13.6. The number of ether oxygens (including phenoxy) is 2. The fourth-order valence-electron chi connectivity index (χ4n) is 5.77. The van der Waals surface area contributed by atoms with E-state index in [1.165, 1.54) is 28.7 Å². The number of esters is 1. The van der Waals surface area contributed by atoms with Gasteiger partial charge in [0.25, 0.3) is 0 Å². The number of methoxy groups -OCH3 is 1. The largest absolute Gasteiger partial charge is 0.466 e. The van der Waals surface area contributed by atoms with E-state index in [0.29, 0.717) is 35.4 Å². The van der Waals surface area contributed by atoms with Crippen molar-refractivity contribution in [2.24, 2.45) is 0 Å². The molecule has 1 N–H and O–H groups in total. The third kappa shape index (κ3) is 5.31. The Kier molecular flexibility index (Phi) is 7.70. The molecule has 5 rings (SSSR count). The van der Waals surface area contributed by atoms with Crippen LogP contribution in [0.2, 0.25) is 0 Å². The number of aromatic amines is 1. The van der Waals surface area contributed by atoms with Gasteiger partial charge in [0.2, 0.25) is 5.95 Å². The van der Waals surface area contributed by atoms with Gasteiger partial charge in [-0.3, -0.25) is 4.90 Å². The normalized spacial score (nSPS) is 21.0. The predicted molar refractivity (Wildman–Crippen MR) is 146 cm³/mol. The fourth-order valence-corrected chi connectivity index (χ4v) is 5.77. The summed E-state index contributed by atoms with van der Waals surface area (Å²) in [4.78, 5) is 28.1. The van der Waals surface area contributed by atoms with E-state index < -0.39 is 29.4 Å². The zero-order valence-electron chi connectivity index (χ0n) is 23.4. The van der Waals surface area contributed by atoms with E-state index in [1.807, 2.05) is 0 Å². The van der Waals surface area contributed by atoms with Crippen molar-refractivity contribution >= 4 is 17.6 Å². The van der Waals surface area contributed by atoms with E-state index in [1.54, 1.807) is 25.1 Å². The highest BCUT2D eigenvalue weighted by molar-refractivity contribution is 5.93. The number of hydrogen-bond acceptors (Lipinski definition) is 7. The van der Waals surface area contributed by atoms with Crippen molar-refractivity contribution in [2.75, 3.05) is 45.4 Å². The Labute approximate surface area is 239 Å². The number of rotatable bonds is 5. The molecule has 1 fully saturated rings. The van der Waals surface area contributed by atoms with Gasteiger partial charge in [0.15, 0.2) is 0 Å². The molecule has 13 heteroatoms. The zero-order valence-corrected chi connectivity index (χ0v) is 23.4. The lowest BCUT2D eigenvalue weighted by molar-refractivity contribution is -0.921. The third-order valence-electron chi connectivity index (χ3n) is 7.86. The zero-order chi connectivity index (χ0) is 30.2. The number of halogens is 3. The maximum Gasteiger partial charge on any atom is 0.416 e. The van der Waals surface area contributed by atoms with Gasteiger partial charge in [-0.15, -0.1) is 5.10 Å². The Hall–Kier alpha value is -4.41. The van der Waals surface area contributed by atoms with E-state index in [4.69, 9.17) is 9.47 Å². The van der Waals surface area contributed by atoms with Crippen LogP contribution in [0.5, 0.6) is 0 Å². The number of anilines is 2. The molecule has 0 amide bonds. The Bertz CT molecular complexity index is 1640. The van der Waals surface area contributed by atoms with Gasteiger partial charge in [-0.05, 0) is 42.8 Å². The van der Waals surface area contributed by atoms with Gasteiger partial charge < -0.3 is 14.0 Å². The number of H-pyrrole nitrogens is 1. The average Bonchev–Trinajstić information content (AvgIpc) is 3.20. The Morgan fingerprint density at radius 3 is 2.74 bits per heavy atom. The van der Waals surface area contributed by atoms with Gasteiger partial charge in [0.05, 0.1) is 56.7 Å². The Morgan fingerprint density at radius 2 is 2.02 bits per heavy atom. The molecule has 0 aliphatic carbocycles. The van der Waals surface area contributed by atoms with Gasteiger partial charge in [-0.2, -0.15) is 18.4 Å². The lowest BCUT2D eigenvalue weighted by Gasteiger charge is -2.37. The van der Waals surface area contributed by atoms with Crippen molar-refractivity contribution in [1.82, 2.24) is 14.8 Å². The molecular weight excluding hydrogens is 553 g/mol. The molecule has 2 aliphatic heterocycles. The summed E-state index contributed by atoms with van der Waals surface area (Å²) in [6.07, 6.45) is -3.77. The minimum atomic E-state index is -4.61. The smallest absolute Gasteiger partial charge is 0.416 e. The molecule has 2 aromatic carbocycles. The summed E-state index contributed by atoms with van der Waals surface area (Å²) in [6.45, 7) is 4.81.